The predicted octanol–water partition coefficient (Wildman–Crippen LogP) is 3.40. The molecule has 2 amide bonds. The Morgan fingerprint density at radius 3 is 2.81 bits per heavy atom. The number of carbonyl (C=O) groups excluding carboxylic acids is 2. The van der Waals surface area contributed by atoms with Crippen LogP contribution in [-0.4, -0.2) is 42.0 Å². The third-order valence-electron chi connectivity index (χ3n) is 4.34. The van der Waals surface area contributed by atoms with E-state index in [1.807, 2.05) is 0 Å². The van der Waals surface area contributed by atoms with Crippen LogP contribution in [0.25, 0.3) is 0 Å². The lowest BCUT2D eigenvalue weighted by molar-refractivity contribution is 0.0947. The van der Waals surface area contributed by atoms with Crippen LogP contribution in [0.2, 0.25) is 5.02 Å². The number of nitrogens with one attached hydrogen (secondary N) is 1. The Labute approximate surface area is 161 Å². The summed E-state index contributed by atoms with van der Waals surface area (Å²) < 4.78 is 5.05. The van der Waals surface area contributed by atoms with Gasteiger partial charge in [-0.25, -0.2) is 4.79 Å². The van der Waals surface area contributed by atoms with E-state index in [0.29, 0.717) is 36.7 Å². The standard InChI is InChI=1S/C18H18ClN3O3S/c1-2-25-18(24)22-8-7-13-14(9-20)17(26-15(13)10-22)21-16(23)11-3-5-12(19)6-4-11/h3-6,14,17H,2,7-8,10H2,1H3,(H,21,23). The van der Waals surface area contributed by atoms with Crippen molar-refractivity contribution >= 4 is 35.4 Å². The number of hydrogen-bond donors (Lipinski definition) is 1. The highest BCUT2D eigenvalue weighted by molar-refractivity contribution is 8.04. The van der Waals surface area contributed by atoms with Crippen molar-refractivity contribution in [3.63, 3.8) is 0 Å². The minimum atomic E-state index is -0.393. The van der Waals surface area contributed by atoms with Gasteiger partial charge in [-0.15, -0.1) is 11.8 Å². The SMILES string of the molecule is CCOC(=O)N1CCC2=C(C1)SC(NC(=O)c1ccc(Cl)cc1)C2C#N. The monoisotopic (exact) mass is 391 g/mol. The van der Waals surface area contributed by atoms with Gasteiger partial charge in [0.25, 0.3) is 5.91 Å². The second-order valence-corrected chi connectivity index (χ2v) is 7.62. The van der Waals surface area contributed by atoms with Gasteiger partial charge < -0.3 is 15.0 Å². The Hall–Kier alpha value is -2.17. The molecule has 2 aliphatic rings. The van der Waals surface area contributed by atoms with Gasteiger partial charge in [-0.05, 0) is 43.2 Å². The van der Waals surface area contributed by atoms with Crippen LogP contribution in [0, 0.1) is 17.2 Å². The molecule has 2 heterocycles. The van der Waals surface area contributed by atoms with Gasteiger partial charge in [0.1, 0.15) is 0 Å². The van der Waals surface area contributed by atoms with E-state index in [-0.39, 0.29) is 17.4 Å². The van der Waals surface area contributed by atoms with Crippen molar-refractivity contribution in [3.05, 3.63) is 45.3 Å². The predicted molar refractivity (Wildman–Crippen MR) is 99.6 cm³/mol. The van der Waals surface area contributed by atoms with Gasteiger partial charge in [0.05, 0.1) is 30.5 Å². The molecule has 0 fully saturated rings. The molecule has 2 atom stereocenters. The average molecular weight is 392 g/mol. The van der Waals surface area contributed by atoms with Crippen molar-refractivity contribution in [1.29, 1.82) is 5.26 Å². The Kier molecular flexibility index (Phi) is 5.74. The molecule has 0 saturated heterocycles. The Morgan fingerprint density at radius 2 is 2.15 bits per heavy atom. The number of benzene rings is 1. The molecular weight excluding hydrogens is 374 g/mol. The minimum Gasteiger partial charge on any atom is -0.450 e. The van der Waals surface area contributed by atoms with Gasteiger partial charge in [-0.1, -0.05) is 11.6 Å². The van der Waals surface area contributed by atoms with Crippen LogP contribution in [-0.2, 0) is 4.74 Å². The topological polar surface area (TPSA) is 82.4 Å². The zero-order chi connectivity index (χ0) is 18.7. The number of halogens is 1. The molecule has 136 valence electrons. The number of hydrogen-bond acceptors (Lipinski definition) is 5. The van der Waals surface area contributed by atoms with Gasteiger partial charge in [-0.3, -0.25) is 4.79 Å². The summed E-state index contributed by atoms with van der Waals surface area (Å²) in [5.41, 5.74) is 1.50. The largest absolute Gasteiger partial charge is 0.450 e. The molecule has 6 nitrogen and oxygen atoms in total. The van der Waals surface area contributed by atoms with Crippen LogP contribution in [0.3, 0.4) is 0 Å². The van der Waals surface area contributed by atoms with Crippen LogP contribution in [0.1, 0.15) is 23.7 Å². The normalized spacial score (nSPS) is 21.8. The van der Waals surface area contributed by atoms with Crippen molar-refractivity contribution in [2.75, 3.05) is 19.7 Å². The first-order valence-electron chi connectivity index (χ1n) is 8.29. The molecule has 26 heavy (non-hydrogen) atoms. The quantitative estimate of drug-likeness (QED) is 0.853. The Morgan fingerprint density at radius 1 is 1.42 bits per heavy atom. The second-order valence-electron chi connectivity index (χ2n) is 5.94. The zero-order valence-electron chi connectivity index (χ0n) is 14.2. The second kappa shape index (κ2) is 8.02. The molecule has 0 aromatic heterocycles. The number of rotatable bonds is 3. The van der Waals surface area contributed by atoms with Crippen molar-refractivity contribution in [2.45, 2.75) is 18.7 Å². The first kappa shape index (κ1) is 18.6. The summed E-state index contributed by atoms with van der Waals surface area (Å²) in [5.74, 6) is -0.642. The molecule has 8 heteroatoms. The summed E-state index contributed by atoms with van der Waals surface area (Å²) >= 11 is 7.29. The zero-order valence-corrected chi connectivity index (χ0v) is 15.8. The van der Waals surface area contributed by atoms with Crippen LogP contribution in [0.15, 0.2) is 34.7 Å². The summed E-state index contributed by atoms with van der Waals surface area (Å²) in [7, 11) is 0. The average Bonchev–Trinajstić information content (AvgIpc) is 2.98. The van der Waals surface area contributed by atoms with Crippen molar-refractivity contribution in [1.82, 2.24) is 10.2 Å². The fraction of sp³-hybridized carbons (Fsp3) is 0.389. The van der Waals surface area contributed by atoms with E-state index in [4.69, 9.17) is 16.3 Å². The summed E-state index contributed by atoms with van der Waals surface area (Å²) in [6.07, 6.45) is 0.272. The molecule has 2 unspecified atom stereocenters. The van der Waals surface area contributed by atoms with E-state index in [1.165, 1.54) is 11.8 Å². The van der Waals surface area contributed by atoms with Crippen LogP contribution in [0.4, 0.5) is 4.79 Å². The highest BCUT2D eigenvalue weighted by Crippen LogP contribution is 2.44. The van der Waals surface area contributed by atoms with E-state index in [0.717, 1.165) is 10.5 Å². The molecule has 0 aliphatic carbocycles. The third kappa shape index (κ3) is 3.81. The lowest BCUT2D eigenvalue weighted by Gasteiger charge is -2.27. The number of thioether (sulfide) groups is 1. The number of amides is 2. The van der Waals surface area contributed by atoms with Crippen molar-refractivity contribution < 1.29 is 14.3 Å². The molecule has 2 aliphatic heterocycles. The molecular formula is C18H18ClN3O3S. The minimum absolute atomic E-state index is 0.249. The Balaban J connectivity index is 1.69. The molecule has 0 radical (unpaired) electrons. The van der Waals surface area contributed by atoms with Gasteiger partial charge in [0, 0.05) is 22.0 Å². The fourth-order valence-corrected chi connectivity index (χ4v) is 4.61. The maximum Gasteiger partial charge on any atom is 0.410 e. The van der Waals surface area contributed by atoms with E-state index in [2.05, 4.69) is 11.4 Å². The van der Waals surface area contributed by atoms with Crippen molar-refractivity contribution in [2.24, 2.45) is 5.92 Å². The molecule has 0 saturated carbocycles. The number of nitrogens with zero attached hydrogens (tertiary/aromatic N) is 2. The molecule has 1 N–H and O–H groups in total. The molecule has 3 rings (SSSR count). The van der Waals surface area contributed by atoms with E-state index in [9.17, 15) is 14.9 Å². The molecule has 1 aromatic rings. The smallest absolute Gasteiger partial charge is 0.410 e. The first-order chi connectivity index (χ1) is 12.5. The van der Waals surface area contributed by atoms with Gasteiger partial charge in [-0.2, -0.15) is 5.26 Å². The fourth-order valence-electron chi connectivity index (χ4n) is 3.04. The van der Waals surface area contributed by atoms with Crippen LogP contribution >= 0.6 is 23.4 Å². The first-order valence-corrected chi connectivity index (χ1v) is 9.55. The van der Waals surface area contributed by atoms with Crippen LogP contribution < -0.4 is 5.32 Å². The van der Waals surface area contributed by atoms with Gasteiger partial charge in [0.15, 0.2) is 0 Å². The van der Waals surface area contributed by atoms with Crippen molar-refractivity contribution in [3.8, 4) is 6.07 Å². The summed E-state index contributed by atoms with van der Waals surface area (Å²) in [6.45, 7) is 3.04. The highest BCUT2D eigenvalue weighted by atomic mass is 35.5. The number of carbonyl (C=O) groups is 2. The Bertz CT molecular complexity index is 788. The summed E-state index contributed by atoms with van der Waals surface area (Å²) in [4.78, 5) is 27.0. The van der Waals surface area contributed by atoms with Gasteiger partial charge >= 0.3 is 6.09 Å². The van der Waals surface area contributed by atoms with E-state index < -0.39 is 5.92 Å². The maximum atomic E-state index is 12.5. The molecule has 1 aromatic carbocycles. The third-order valence-corrected chi connectivity index (χ3v) is 5.91. The van der Waals surface area contributed by atoms with E-state index in [1.54, 1.807) is 36.1 Å². The maximum absolute atomic E-state index is 12.5. The number of nitriles is 1. The molecule has 0 spiro atoms. The summed E-state index contributed by atoms with van der Waals surface area (Å²) in [5, 5.41) is 12.7. The van der Waals surface area contributed by atoms with Crippen LogP contribution in [0.5, 0.6) is 0 Å². The molecule has 0 bridgehead atoms. The van der Waals surface area contributed by atoms with E-state index >= 15 is 0 Å². The number of ether oxygens (including phenoxy) is 1. The van der Waals surface area contributed by atoms with Gasteiger partial charge in [0.2, 0.25) is 0 Å². The lowest BCUT2D eigenvalue weighted by atomic mass is 9.94. The highest BCUT2D eigenvalue weighted by Gasteiger charge is 2.40. The summed E-state index contributed by atoms with van der Waals surface area (Å²) in [6, 6.07) is 8.90. The lowest BCUT2D eigenvalue weighted by Crippen LogP contribution is -2.37.